The minimum atomic E-state index is -0.479. The number of para-hydroxylation sites is 2. The van der Waals surface area contributed by atoms with Gasteiger partial charge in [-0.25, -0.2) is 4.98 Å². The van der Waals surface area contributed by atoms with E-state index < -0.39 is 4.92 Å². The molecule has 0 saturated carbocycles. The second-order valence-electron chi connectivity index (χ2n) is 5.87. The van der Waals surface area contributed by atoms with Gasteiger partial charge in [0, 0.05) is 13.1 Å². The Kier molecular flexibility index (Phi) is 7.30. The lowest BCUT2D eigenvalue weighted by Gasteiger charge is -2.18. The largest absolute Gasteiger partial charge is 0.495 e. The first kappa shape index (κ1) is 20.4. The first-order valence-electron chi connectivity index (χ1n) is 8.89. The Balaban J connectivity index is 2.28. The van der Waals surface area contributed by atoms with E-state index in [2.05, 4.69) is 39.3 Å². The fourth-order valence-electron chi connectivity index (χ4n) is 2.69. The molecule has 0 spiro atoms. The van der Waals surface area contributed by atoms with Crippen molar-refractivity contribution in [3.63, 3.8) is 0 Å². The molecule has 0 atom stereocenters. The van der Waals surface area contributed by atoms with Crippen molar-refractivity contribution < 1.29 is 9.66 Å². The van der Waals surface area contributed by atoms with E-state index in [0.717, 1.165) is 19.6 Å². The predicted molar refractivity (Wildman–Crippen MR) is 106 cm³/mol. The molecule has 9 nitrogen and oxygen atoms in total. The second-order valence-corrected chi connectivity index (χ2v) is 5.87. The average Bonchev–Trinajstić information content (AvgIpc) is 2.65. The van der Waals surface area contributed by atoms with Gasteiger partial charge in [-0.15, -0.1) is 0 Å². The fraction of sp³-hybridized carbons (Fsp3) is 0.444. The van der Waals surface area contributed by atoms with Gasteiger partial charge in [0.2, 0.25) is 11.8 Å². The van der Waals surface area contributed by atoms with Crippen molar-refractivity contribution in [2.24, 2.45) is 0 Å². The first-order valence-corrected chi connectivity index (χ1v) is 8.89. The molecule has 2 N–H and O–H groups in total. The molecule has 1 heterocycles. The zero-order chi connectivity index (χ0) is 19.8. The van der Waals surface area contributed by atoms with E-state index in [1.165, 1.54) is 0 Å². The summed E-state index contributed by atoms with van der Waals surface area (Å²) in [5.41, 5.74) is 0.725. The van der Waals surface area contributed by atoms with E-state index in [1.807, 2.05) is 12.1 Å². The average molecular weight is 374 g/mol. The molecule has 0 aliphatic rings. The highest BCUT2D eigenvalue weighted by Crippen LogP contribution is 2.32. The summed E-state index contributed by atoms with van der Waals surface area (Å²) in [6.07, 6.45) is 0. The van der Waals surface area contributed by atoms with Gasteiger partial charge in [0.1, 0.15) is 11.4 Å². The van der Waals surface area contributed by atoms with Crippen molar-refractivity contribution in [1.82, 2.24) is 14.9 Å². The molecule has 146 valence electrons. The van der Waals surface area contributed by atoms with Gasteiger partial charge in [0.25, 0.3) is 0 Å². The molecule has 0 amide bonds. The number of nitro groups is 1. The van der Waals surface area contributed by atoms with Crippen LogP contribution in [-0.2, 0) is 0 Å². The van der Waals surface area contributed by atoms with Gasteiger partial charge in [-0.1, -0.05) is 26.0 Å². The van der Waals surface area contributed by atoms with Gasteiger partial charge in [0.15, 0.2) is 0 Å². The lowest BCUT2D eigenvalue weighted by molar-refractivity contribution is -0.385. The Morgan fingerprint density at radius 3 is 2.56 bits per heavy atom. The summed E-state index contributed by atoms with van der Waals surface area (Å²) in [6.45, 7) is 9.20. The Morgan fingerprint density at radius 1 is 1.22 bits per heavy atom. The van der Waals surface area contributed by atoms with Crippen molar-refractivity contribution in [3.05, 3.63) is 40.1 Å². The number of hydrogen-bond donors (Lipinski definition) is 2. The molecule has 2 aromatic rings. The highest BCUT2D eigenvalue weighted by Gasteiger charge is 2.23. The minimum absolute atomic E-state index is 0.127. The van der Waals surface area contributed by atoms with Crippen molar-refractivity contribution in [1.29, 1.82) is 0 Å². The van der Waals surface area contributed by atoms with Crippen molar-refractivity contribution in [2.75, 3.05) is 43.9 Å². The number of nitrogens with zero attached hydrogens (tertiary/aromatic N) is 4. The summed E-state index contributed by atoms with van der Waals surface area (Å²) in [6, 6.07) is 7.18. The van der Waals surface area contributed by atoms with Gasteiger partial charge >= 0.3 is 5.69 Å². The van der Waals surface area contributed by atoms with E-state index >= 15 is 0 Å². The Hall–Kier alpha value is -2.94. The monoisotopic (exact) mass is 374 g/mol. The number of rotatable bonds is 10. The third-order valence-corrected chi connectivity index (χ3v) is 4.21. The van der Waals surface area contributed by atoms with Gasteiger partial charge in [0.05, 0.1) is 17.7 Å². The lowest BCUT2D eigenvalue weighted by atomic mass is 10.2. The van der Waals surface area contributed by atoms with Gasteiger partial charge < -0.3 is 20.3 Å². The normalized spacial score (nSPS) is 10.7. The van der Waals surface area contributed by atoms with E-state index in [-0.39, 0.29) is 17.2 Å². The van der Waals surface area contributed by atoms with Crippen LogP contribution < -0.4 is 15.4 Å². The van der Waals surface area contributed by atoms with Crippen LogP contribution in [0.25, 0.3) is 0 Å². The number of anilines is 3. The molecule has 1 aromatic carbocycles. The zero-order valence-corrected chi connectivity index (χ0v) is 16.2. The summed E-state index contributed by atoms with van der Waals surface area (Å²) in [4.78, 5) is 21.8. The third kappa shape index (κ3) is 5.27. The molecule has 0 radical (unpaired) electrons. The Labute approximate surface area is 158 Å². The van der Waals surface area contributed by atoms with Crippen LogP contribution in [0.5, 0.6) is 5.75 Å². The van der Waals surface area contributed by atoms with E-state index in [9.17, 15) is 10.1 Å². The summed E-state index contributed by atoms with van der Waals surface area (Å²) in [5, 5.41) is 17.7. The Morgan fingerprint density at radius 2 is 1.93 bits per heavy atom. The molecule has 0 bridgehead atoms. The summed E-state index contributed by atoms with van der Waals surface area (Å²) < 4.78 is 5.30. The SMILES string of the molecule is CCN(CC)CCNc1nc(C)c([N+](=O)[O-])c(Nc2ccccc2OC)n1. The number of hydrogen-bond acceptors (Lipinski definition) is 8. The van der Waals surface area contributed by atoms with Gasteiger partial charge in [-0.3, -0.25) is 10.1 Å². The molecule has 27 heavy (non-hydrogen) atoms. The predicted octanol–water partition coefficient (Wildman–Crippen LogP) is 3.20. The number of aryl methyl sites for hydroxylation is 1. The number of aromatic nitrogens is 2. The van der Waals surface area contributed by atoms with Crippen LogP contribution in [0.3, 0.4) is 0 Å². The summed E-state index contributed by atoms with van der Waals surface area (Å²) >= 11 is 0. The van der Waals surface area contributed by atoms with Crippen molar-refractivity contribution in [3.8, 4) is 5.75 Å². The third-order valence-electron chi connectivity index (χ3n) is 4.21. The molecule has 0 fully saturated rings. The fourth-order valence-corrected chi connectivity index (χ4v) is 2.69. The van der Waals surface area contributed by atoms with Gasteiger partial charge in [-0.05, 0) is 32.1 Å². The van der Waals surface area contributed by atoms with E-state index in [1.54, 1.807) is 26.2 Å². The van der Waals surface area contributed by atoms with Crippen LogP contribution >= 0.6 is 0 Å². The maximum Gasteiger partial charge on any atom is 0.332 e. The van der Waals surface area contributed by atoms with Crippen molar-refractivity contribution >= 4 is 23.1 Å². The summed E-state index contributed by atoms with van der Waals surface area (Å²) in [5.74, 6) is 1.05. The topological polar surface area (TPSA) is 105 Å². The van der Waals surface area contributed by atoms with E-state index in [0.29, 0.717) is 23.9 Å². The standard InChI is InChI=1S/C18H26N6O3/c1-5-23(6-2)12-11-19-18-20-13(3)16(24(25)26)17(22-18)21-14-9-7-8-10-15(14)27-4/h7-10H,5-6,11-12H2,1-4H3,(H2,19,20,21,22). The molecule has 0 aliphatic heterocycles. The Bertz CT molecular complexity index is 780. The van der Waals surface area contributed by atoms with Crippen LogP contribution in [0.1, 0.15) is 19.5 Å². The van der Waals surface area contributed by atoms with Crippen LogP contribution in [0.15, 0.2) is 24.3 Å². The smallest absolute Gasteiger partial charge is 0.332 e. The molecular weight excluding hydrogens is 348 g/mol. The highest BCUT2D eigenvalue weighted by molar-refractivity contribution is 5.71. The molecule has 0 unspecified atom stereocenters. The quantitative estimate of drug-likeness (QED) is 0.482. The first-order chi connectivity index (χ1) is 13.0. The number of ether oxygens (including phenoxy) is 1. The van der Waals surface area contributed by atoms with Crippen LogP contribution in [-0.4, -0.2) is 53.1 Å². The van der Waals surface area contributed by atoms with Crippen molar-refractivity contribution in [2.45, 2.75) is 20.8 Å². The molecule has 2 rings (SSSR count). The van der Waals surface area contributed by atoms with Crippen LogP contribution in [0.4, 0.5) is 23.1 Å². The molecular formula is C18H26N6O3. The maximum absolute atomic E-state index is 11.5. The van der Waals surface area contributed by atoms with Crippen LogP contribution in [0.2, 0.25) is 0 Å². The number of likely N-dealkylation sites (N-methyl/N-ethyl adjacent to an activating group) is 1. The summed E-state index contributed by atoms with van der Waals surface area (Å²) in [7, 11) is 1.54. The molecule has 0 saturated heterocycles. The lowest BCUT2D eigenvalue weighted by Crippen LogP contribution is -2.29. The molecule has 1 aromatic heterocycles. The maximum atomic E-state index is 11.5. The molecule has 0 aliphatic carbocycles. The van der Waals surface area contributed by atoms with Gasteiger partial charge in [-0.2, -0.15) is 4.98 Å². The number of methoxy groups -OCH3 is 1. The number of nitrogens with one attached hydrogen (secondary N) is 2. The van der Waals surface area contributed by atoms with Crippen LogP contribution in [0, 0.1) is 17.0 Å². The molecule has 9 heteroatoms. The van der Waals surface area contributed by atoms with E-state index in [4.69, 9.17) is 4.74 Å². The highest BCUT2D eigenvalue weighted by atomic mass is 16.6. The minimum Gasteiger partial charge on any atom is -0.495 e. The zero-order valence-electron chi connectivity index (χ0n) is 16.2. The number of benzene rings is 1. The second kappa shape index (κ2) is 9.67.